The lowest BCUT2D eigenvalue weighted by Gasteiger charge is -2.05. The summed E-state index contributed by atoms with van der Waals surface area (Å²) >= 11 is 0. The second-order valence-corrected chi connectivity index (χ2v) is 4.37. The van der Waals surface area contributed by atoms with Gasteiger partial charge in [0.05, 0.1) is 0 Å². The average molecular weight is 243 g/mol. The van der Waals surface area contributed by atoms with Crippen molar-refractivity contribution in [1.29, 1.82) is 0 Å². The molecule has 1 aromatic carbocycles. The third-order valence-corrected chi connectivity index (χ3v) is 2.79. The molecule has 3 heteroatoms. The quantitative estimate of drug-likeness (QED) is 0.774. The summed E-state index contributed by atoms with van der Waals surface area (Å²) < 4.78 is 13.5. The number of ketones is 1. The van der Waals surface area contributed by atoms with Gasteiger partial charge in [0.15, 0.2) is 5.78 Å². The van der Waals surface area contributed by atoms with E-state index >= 15 is 0 Å². The summed E-state index contributed by atoms with van der Waals surface area (Å²) in [6.07, 6.45) is 1.70. The molecule has 0 fully saturated rings. The third-order valence-electron chi connectivity index (χ3n) is 2.79. The highest BCUT2D eigenvalue weighted by Crippen LogP contribution is 2.13. The molecule has 0 N–H and O–H groups in total. The van der Waals surface area contributed by atoms with Gasteiger partial charge < -0.3 is 0 Å². The molecule has 0 unspecified atom stereocenters. The van der Waals surface area contributed by atoms with Gasteiger partial charge in [-0.25, -0.2) is 4.39 Å². The van der Waals surface area contributed by atoms with Gasteiger partial charge >= 0.3 is 0 Å². The zero-order valence-electron chi connectivity index (χ0n) is 10.4. The lowest BCUT2D eigenvalue weighted by atomic mass is 10.0. The molecule has 1 aromatic heterocycles. The van der Waals surface area contributed by atoms with E-state index in [0.717, 1.165) is 11.1 Å². The van der Waals surface area contributed by atoms with Crippen LogP contribution in [-0.2, 0) is 6.42 Å². The van der Waals surface area contributed by atoms with E-state index < -0.39 is 0 Å². The van der Waals surface area contributed by atoms with Crippen molar-refractivity contribution in [3.8, 4) is 0 Å². The molecule has 0 amide bonds. The highest BCUT2D eigenvalue weighted by Gasteiger charge is 2.13. The van der Waals surface area contributed by atoms with E-state index in [2.05, 4.69) is 4.98 Å². The zero-order chi connectivity index (χ0) is 13.1. The first-order valence-electron chi connectivity index (χ1n) is 5.78. The van der Waals surface area contributed by atoms with Crippen molar-refractivity contribution in [2.75, 3.05) is 0 Å². The number of benzene rings is 1. The largest absolute Gasteiger partial charge is 0.292 e. The number of carbonyl (C=O) groups excluding carboxylic acids is 1. The number of hydrogen-bond acceptors (Lipinski definition) is 2. The fourth-order valence-corrected chi connectivity index (χ4v) is 1.91. The molecule has 0 radical (unpaired) electrons. The normalized spacial score (nSPS) is 10.4. The van der Waals surface area contributed by atoms with Crippen LogP contribution in [0, 0.1) is 19.7 Å². The van der Waals surface area contributed by atoms with Crippen LogP contribution in [0.5, 0.6) is 0 Å². The summed E-state index contributed by atoms with van der Waals surface area (Å²) in [5, 5.41) is 0. The van der Waals surface area contributed by atoms with Crippen LogP contribution in [0.25, 0.3) is 0 Å². The molecule has 0 aliphatic heterocycles. The lowest BCUT2D eigenvalue weighted by Crippen LogP contribution is -2.09. The summed E-state index contributed by atoms with van der Waals surface area (Å²) in [7, 11) is 0. The van der Waals surface area contributed by atoms with Crippen LogP contribution in [0.1, 0.15) is 27.2 Å². The van der Waals surface area contributed by atoms with E-state index in [4.69, 9.17) is 0 Å². The van der Waals surface area contributed by atoms with E-state index in [1.165, 1.54) is 6.07 Å². The molecule has 0 bridgehead atoms. The molecular formula is C15H14FNO. The van der Waals surface area contributed by atoms with Gasteiger partial charge in [-0.3, -0.25) is 9.78 Å². The van der Waals surface area contributed by atoms with E-state index in [0.29, 0.717) is 11.3 Å². The number of hydrogen-bond donors (Lipinski definition) is 0. The summed E-state index contributed by atoms with van der Waals surface area (Å²) in [5.74, 6) is -0.506. The highest BCUT2D eigenvalue weighted by atomic mass is 19.1. The second kappa shape index (κ2) is 5.08. The summed E-state index contributed by atoms with van der Waals surface area (Å²) in [6, 6.07) is 8.22. The minimum absolute atomic E-state index is 0.0452. The van der Waals surface area contributed by atoms with Crippen LogP contribution in [0.15, 0.2) is 36.5 Å². The molecule has 18 heavy (non-hydrogen) atoms. The van der Waals surface area contributed by atoms with Crippen LogP contribution in [0.2, 0.25) is 0 Å². The van der Waals surface area contributed by atoms with Crippen molar-refractivity contribution in [2.45, 2.75) is 20.3 Å². The number of rotatable bonds is 3. The van der Waals surface area contributed by atoms with Gasteiger partial charge in [0.25, 0.3) is 0 Å². The molecule has 1 heterocycles. The molecule has 2 aromatic rings. The Morgan fingerprint density at radius 2 is 2.00 bits per heavy atom. The van der Waals surface area contributed by atoms with Crippen molar-refractivity contribution in [3.05, 3.63) is 64.7 Å². The third kappa shape index (κ3) is 2.62. The summed E-state index contributed by atoms with van der Waals surface area (Å²) in [5.41, 5.74) is 2.67. The Labute approximate surface area is 105 Å². The number of aromatic nitrogens is 1. The monoisotopic (exact) mass is 243 g/mol. The van der Waals surface area contributed by atoms with Gasteiger partial charge in [-0.2, -0.15) is 0 Å². The molecule has 0 aliphatic carbocycles. The summed E-state index contributed by atoms with van der Waals surface area (Å²) in [4.78, 5) is 16.2. The Hall–Kier alpha value is -2.03. The van der Waals surface area contributed by atoms with Crippen LogP contribution < -0.4 is 0 Å². The Balaban J connectivity index is 2.25. The van der Waals surface area contributed by atoms with E-state index in [9.17, 15) is 9.18 Å². The number of aryl methyl sites for hydroxylation is 2. The number of halogens is 1. The standard InChI is InChI=1S/C15H14FNO/c1-10-7-11(2)15(17-9-10)14(18)8-12-5-3-4-6-13(12)16/h3-7,9H,8H2,1-2H3. The minimum Gasteiger partial charge on any atom is -0.292 e. The molecule has 2 rings (SSSR count). The molecule has 0 spiro atoms. The number of carbonyl (C=O) groups is 1. The average Bonchev–Trinajstić information content (AvgIpc) is 2.32. The highest BCUT2D eigenvalue weighted by molar-refractivity contribution is 5.97. The fraction of sp³-hybridized carbons (Fsp3) is 0.200. The maximum Gasteiger partial charge on any atom is 0.185 e. The second-order valence-electron chi connectivity index (χ2n) is 4.37. The molecule has 0 atom stereocenters. The molecular weight excluding hydrogens is 229 g/mol. The van der Waals surface area contributed by atoms with Gasteiger partial charge in [0.1, 0.15) is 11.5 Å². The van der Waals surface area contributed by atoms with E-state index in [1.807, 2.05) is 19.9 Å². The van der Waals surface area contributed by atoms with Gasteiger partial charge in [-0.05, 0) is 36.6 Å². The van der Waals surface area contributed by atoms with E-state index in [-0.39, 0.29) is 18.0 Å². The zero-order valence-corrected chi connectivity index (χ0v) is 10.4. The summed E-state index contributed by atoms with van der Waals surface area (Å²) in [6.45, 7) is 3.76. The van der Waals surface area contributed by atoms with Crippen molar-refractivity contribution in [3.63, 3.8) is 0 Å². The predicted molar refractivity (Wildman–Crippen MR) is 68.1 cm³/mol. The Bertz CT molecular complexity index is 593. The van der Waals surface area contributed by atoms with Crippen molar-refractivity contribution >= 4 is 5.78 Å². The number of Topliss-reactive ketones (excluding diaryl/α,β-unsaturated/α-hetero) is 1. The number of pyridine rings is 1. The van der Waals surface area contributed by atoms with Crippen molar-refractivity contribution in [2.24, 2.45) is 0 Å². The molecule has 0 saturated carbocycles. The van der Waals surface area contributed by atoms with Crippen LogP contribution in [0.3, 0.4) is 0 Å². The smallest absolute Gasteiger partial charge is 0.185 e. The Morgan fingerprint density at radius 3 is 2.67 bits per heavy atom. The maximum atomic E-state index is 13.5. The van der Waals surface area contributed by atoms with Crippen LogP contribution in [-0.4, -0.2) is 10.8 Å². The Kier molecular flexibility index (Phi) is 3.51. The van der Waals surface area contributed by atoms with Gasteiger partial charge in [0.2, 0.25) is 0 Å². The first-order chi connectivity index (χ1) is 8.58. The SMILES string of the molecule is Cc1cnc(C(=O)Cc2ccccc2F)c(C)c1. The Morgan fingerprint density at radius 1 is 1.28 bits per heavy atom. The minimum atomic E-state index is -0.351. The fourth-order valence-electron chi connectivity index (χ4n) is 1.91. The van der Waals surface area contributed by atoms with Crippen molar-refractivity contribution < 1.29 is 9.18 Å². The van der Waals surface area contributed by atoms with Crippen LogP contribution >= 0.6 is 0 Å². The molecule has 0 aliphatic rings. The van der Waals surface area contributed by atoms with E-state index in [1.54, 1.807) is 24.4 Å². The van der Waals surface area contributed by atoms with Gasteiger partial charge in [0, 0.05) is 12.6 Å². The molecule has 92 valence electrons. The first kappa shape index (κ1) is 12.4. The van der Waals surface area contributed by atoms with Gasteiger partial charge in [-0.1, -0.05) is 24.3 Å². The first-order valence-corrected chi connectivity index (χ1v) is 5.78. The van der Waals surface area contributed by atoms with Crippen molar-refractivity contribution in [1.82, 2.24) is 4.98 Å². The number of nitrogens with zero attached hydrogens (tertiary/aromatic N) is 1. The van der Waals surface area contributed by atoms with Crippen LogP contribution in [0.4, 0.5) is 4.39 Å². The topological polar surface area (TPSA) is 30.0 Å². The molecule has 2 nitrogen and oxygen atoms in total. The lowest BCUT2D eigenvalue weighted by molar-refractivity contribution is 0.0986. The van der Waals surface area contributed by atoms with Gasteiger partial charge in [-0.15, -0.1) is 0 Å². The maximum absolute atomic E-state index is 13.5. The predicted octanol–water partition coefficient (Wildman–Crippen LogP) is 3.26. The molecule has 0 saturated heterocycles.